The molecule has 0 aliphatic carbocycles. The number of aryl methyl sites for hydroxylation is 1. The molecule has 0 saturated carbocycles. The van der Waals surface area contributed by atoms with Gasteiger partial charge in [0.15, 0.2) is 0 Å². The number of aliphatic hydroxyl groups is 1. The molecular weight excluding hydrogens is 292 g/mol. The highest BCUT2D eigenvalue weighted by molar-refractivity contribution is 5.83. The number of amides is 1. The molecule has 5 heteroatoms. The predicted octanol–water partition coefficient (Wildman–Crippen LogP) is 1.25. The summed E-state index contributed by atoms with van der Waals surface area (Å²) in [4.78, 5) is 16.9. The van der Waals surface area contributed by atoms with Crippen molar-refractivity contribution in [2.75, 3.05) is 52.5 Å². The molecule has 0 bridgehead atoms. The van der Waals surface area contributed by atoms with E-state index in [0.29, 0.717) is 13.1 Å². The number of hydrogen-bond acceptors (Lipinski definition) is 4. The van der Waals surface area contributed by atoms with Crippen LogP contribution < -0.4 is 0 Å². The van der Waals surface area contributed by atoms with Gasteiger partial charge in [-0.15, -0.1) is 0 Å². The van der Waals surface area contributed by atoms with Crippen LogP contribution in [0.15, 0.2) is 24.3 Å². The molecular formula is C18H28N2O3. The maximum Gasteiger partial charge on any atom is 0.229 e. The summed E-state index contributed by atoms with van der Waals surface area (Å²) in [5.41, 5.74) is 2.19. The number of hydrogen-bond donors (Lipinski definition) is 1. The zero-order valence-electron chi connectivity index (χ0n) is 14.2. The van der Waals surface area contributed by atoms with Crippen LogP contribution in [0.3, 0.4) is 0 Å². The van der Waals surface area contributed by atoms with Crippen LogP contribution in [0.4, 0.5) is 0 Å². The fraction of sp³-hybridized carbons (Fsp3) is 0.611. The standard InChI is InChI=1S/C18H28N2O3/c1-15-4-3-5-17(14-15)16(2)18(22)20(8-11-21)7-6-19-9-12-23-13-10-19/h3-5,14,16,21H,6-13H2,1-2H3. The monoisotopic (exact) mass is 320 g/mol. The lowest BCUT2D eigenvalue weighted by Gasteiger charge is -2.31. The van der Waals surface area contributed by atoms with E-state index in [4.69, 9.17) is 4.74 Å². The molecule has 1 aliphatic rings. The molecule has 1 aromatic rings. The molecule has 5 nitrogen and oxygen atoms in total. The van der Waals surface area contributed by atoms with Gasteiger partial charge in [0.05, 0.1) is 25.7 Å². The van der Waals surface area contributed by atoms with E-state index < -0.39 is 0 Å². The van der Waals surface area contributed by atoms with Crippen molar-refractivity contribution in [3.8, 4) is 0 Å². The minimum atomic E-state index is -0.189. The zero-order chi connectivity index (χ0) is 16.7. The Balaban J connectivity index is 1.96. The van der Waals surface area contributed by atoms with Crippen LogP contribution in [0.2, 0.25) is 0 Å². The molecule has 1 aliphatic heterocycles. The second-order valence-electron chi connectivity index (χ2n) is 6.14. The summed E-state index contributed by atoms with van der Waals surface area (Å²) in [7, 11) is 0. The van der Waals surface area contributed by atoms with Crippen LogP contribution in [0.1, 0.15) is 24.0 Å². The molecule has 1 aromatic carbocycles. The van der Waals surface area contributed by atoms with Crippen molar-refractivity contribution in [2.24, 2.45) is 0 Å². The highest BCUT2D eigenvalue weighted by Gasteiger charge is 2.22. The van der Waals surface area contributed by atoms with Gasteiger partial charge < -0.3 is 14.7 Å². The number of carbonyl (C=O) groups excluding carboxylic acids is 1. The summed E-state index contributed by atoms with van der Waals surface area (Å²) in [6.07, 6.45) is 0. The average molecular weight is 320 g/mol. The van der Waals surface area contributed by atoms with Gasteiger partial charge in [0.2, 0.25) is 5.91 Å². The predicted molar refractivity (Wildman–Crippen MR) is 90.5 cm³/mol. The number of benzene rings is 1. The van der Waals surface area contributed by atoms with Gasteiger partial charge in [-0.25, -0.2) is 0 Å². The van der Waals surface area contributed by atoms with Crippen molar-refractivity contribution in [1.29, 1.82) is 0 Å². The Morgan fingerprint density at radius 3 is 2.74 bits per heavy atom. The lowest BCUT2D eigenvalue weighted by atomic mass is 9.98. The normalized spacial score (nSPS) is 17.0. The fourth-order valence-electron chi connectivity index (χ4n) is 2.90. The number of nitrogens with zero attached hydrogens (tertiary/aromatic N) is 2. The second kappa shape index (κ2) is 9.01. The van der Waals surface area contributed by atoms with E-state index in [1.807, 2.05) is 32.0 Å². The molecule has 1 amide bonds. The zero-order valence-corrected chi connectivity index (χ0v) is 14.2. The molecule has 1 heterocycles. The van der Waals surface area contributed by atoms with E-state index in [0.717, 1.165) is 44.0 Å². The smallest absolute Gasteiger partial charge is 0.229 e. The van der Waals surface area contributed by atoms with E-state index in [-0.39, 0.29) is 18.4 Å². The molecule has 1 atom stereocenters. The fourth-order valence-corrected chi connectivity index (χ4v) is 2.90. The van der Waals surface area contributed by atoms with Crippen molar-refractivity contribution < 1.29 is 14.6 Å². The molecule has 1 N–H and O–H groups in total. The summed E-state index contributed by atoms with van der Waals surface area (Å²) in [6.45, 7) is 9.17. The molecule has 23 heavy (non-hydrogen) atoms. The van der Waals surface area contributed by atoms with Crippen molar-refractivity contribution in [3.63, 3.8) is 0 Å². The van der Waals surface area contributed by atoms with Gasteiger partial charge in [-0.05, 0) is 19.4 Å². The number of rotatable bonds is 7. The molecule has 0 spiro atoms. The van der Waals surface area contributed by atoms with Gasteiger partial charge in [-0.2, -0.15) is 0 Å². The Morgan fingerprint density at radius 2 is 2.09 bits per heavy atom. The number of aliphatic hydroxyl groups excluding tert-OH is 1. The Hall–Kier alpha value is -1.43. The second-order valence-corrected chi connectivity index (χ2v) is 6.14. The summed E-state index contributed by atoms with van der Waals surface area (Å²) in [5, 5.41) is 9.29. The first-order chi connectivity index (χ1) is 11.1. The third-order valence-electron chi connectivity index (χ3n) is 4.38. The first kappa shape index (κ1) is 17.9. The number of ether oxygens (including phenoxy) is 1. The van der Waals surface area contributed by atoms with Crippen LogP contribution in [-0.2, 0) is 9.53 Å². The Labute approximate surface area is 138 Å². The minimum absolute atomic E-state index is 0.00457. The SMILES string of the molecule is Cc1cccc(C(C)C(=O)N(CCO)CCN2CCOCC2)c1. The number of carbonyl (C=O) groups is 1. The third kappa shape index (κ3) is 5.30. The first-order valence-electron chi connectivity index (χ1n) is 8.38. The lowest BCUT2D eigenvalue weighted by Crippen LogP contribution is -2.44. The Morgan fingerprint density at radius 1 is 1.35 bits per heavy atom. The molecule has 1 saturated heterocycles. The summed E-state index contributed by atoms with van der Waals surface area (Å²) in [5.74, 6) is -0.107. The Kier molecular flexibility index (Phi) is 7.02. The summed E-state index contributed by atoms with van der Waals surface area (Å²) in [6, 6.07) is 8.07. The average Bonchev–Trinajstić information content (AvgIpc) is 2.58. The highest BCUT2D eigenvalue weighted by atomic mass is 16.5. The molecule has 0 aromatic heterocycles. The van der Waals surface area contributed by atoms with Gasteiger partial charge in [-0.1, -0.05) is 29.8 Å². The Bertz CT molecular complexity index is 501. The molecule has 128 valence electrons. The van der Waals surface area contributed by atoms with Gasteiger partial charge in [0.25, 0.3) is 0 Å². The van der Waals surface area contributed by atoms with Crippen molar-refractivity contribution in [1.82, 2.24) is 9.80 Å². The summed E-state index contributed by atoms with van der Waals surface area (Å²) < 4.78 is 5.35. The quantitative estimate of drug-likeness (QED) is 0.821. The highest BCUT2D eigenvalue weighted by Crippen LogP contribution is 2.19. The number of morpholine rings is 1. The van der Waals surface area contributed by atoms with E-state index >= 15 is 0 Å². The largest absolute Gasteiger partial charge is 0.395 e. The van der Waals surface area contributed by atoms with Crippen molar-refractivity contribution in [3.05, 3.63) is 35.4 Å². The maximum atomic E-state index is 12.8. The van der Waals surface area contributed by atoms with Crippen LogP contribution in [0.25, 0.3) is 0 Å². The van der Waals surface area contributed by atoms with E-state index in [1.54, 1.807) is 4.90 Å². The molecule has 0 radical (unpaired) electrons. The van der Waals surface area contributed by atoms with Crippen LogP contribution in [-0.4, -0.2) is 73.4 Å². The van der Waals surface area contributed by atoms with Gasteiger partial charge in [-0.3, -0.25) is 9.69 Å². The van der Waals surface area contributed by atoms with Gasteiger partial charge in [0.1, 0.15) is 0 Å². The molecule has 2 rings (SSSR count). The van der Waals surface area contributed by atoms with Crippen LogP contribution in [0.5, 0.6) is 0 Å². The molecule has 1 fully saturated rings. The van der Waals surface area contributed by atoms with Gasteiger partial charge in [0, 0.05) is 32.7 Å². The first-order valence-corrected chi connectivity index (χ1v) is 8.38. The van der Waals surface area contributed by atoms with E-state index in [1.165, 1.54) is 0 Å². The summed E-state index contributed by atoms with van der Waals surface area (Å²) >= 11 is 0. The molecule has 1 unspecified atom stereocenters. The maximum absolute atomic E-state index is 12.8. The van der Waals surface area contributed by atoms with Crippen LogP contribution in [0, 0.1) is 6.92 Å². The third-order valence-corrected chi connectivity index (χ3v) is 4.38. The van der Waals surface area contributed by atoms with Crippen LogP contribution >= 0.6 is 0 Å². The lowest BCUT2D eigenvalue weighted by molar-refractivity contribution is -0.133. The van der Waals surface area contributed by atoms with E-state index in [2.05, 4.69) is 11.0 Å². The topological polar surface area (TPSA) is 53.0 Å². The van der Waals surface area contributed by atoms with Gasteiger partial charge >= 0.3 is 0 Å². The van der Waals surface area contributed by atoms with Crippen molar-refractivity contribution >= 4 is 5.91 Å². The van der Waals surface area contributed by atoms with E-state index in [9.17, 15) is 9.90 Å². The minimum Gasteiger partial charge on any atom is -0.395 e. The van der Waals surface area contributed by atoms with Crippen molar-refractivity contribution in [2.45, 2.75) is 19.8 Å².